The highest BCUT2D eigenvalue weighted by Crippen LogP contribution is 2.22. The van der Waals surface area contributed by atoms with E-state index in [-0.39, 0.29) is 11.8 Å². The fourth-order valence-corrected chi connectivity index (χ4v) is 3.41. The Kier molecular flexibility index (Phi) is 5.20. The lowest BCUT2D eigenvalue weighted by atomic mass is 10.00. The van der Waals surface area contributed by atoms with Gasteiger partial charge in [-0.15, -0.1) is 11.3 Å². The lowest BCUT2D eigenvalue weighted by Crippen LogP contribution is -2.29. The summed E-state index contributed by atoms with van der Waals surface area (Å²) in [6.45, 7) is 2.55. The Morgan fingerprint density at radius 2 is 2.20 bits per heavy atom. The third kappa shape index (κ3) is 4.08. The van der Waals surface area contributed by atoms with E-state index in [9.17, 15) is 4.79 Å². The lowest BCUT2D eigenvalue weighted by molar-refractivity contribution is -0.122. The molecule has 1 aromatic heterocycles. The van der Waals surface area contributed by atoms with Gasteiger partial charge in [-0.3, -0.25) is 4.79 Å². The molecule has 0 fully saturated rings. The summed E-state index contributed by atoms with van der Waals surface area (Å²) < 4.78 is 1.12. The van der Waals surface area contributed by atoms with Crippen LogP contribution in [0, 0.1) is 0 Å². The Morgan fingerprint density at radius 1 is 1.40 bits per heavy atom. The summed E-state index contributed by atoms with van der Waals surface area (Å²) in [5, 5.41) is 2.97. The average molecular weight is 353 g/mol. The van der Waals surface area contributed by atoms with Gasteiger partial charge in [0.2, 0.25) is 5.91 Å². The zero-order valence-corrected chi connectivity index (χ0v) is 13.6. The van der Waals surface area contributed by atoms with Gasteiger partial charge in [-0.05, 0) is 59.1 Å². The zero-order valence-electron chi connectivity index (χ0n) is 11.2. The van der Waals surface area contributed by atoms with Crippen molar-refractivity contribution in [2.24, 2.45) is 0 Å². The summed E-state index contributed by atoms with van der Waals surface area (Å²) in [6.07, 6.45) is 0.853. The normalized spacial score (nSPS) is 12.1. The first kappa shape index (κ1) is 15.1. The molecule has 0 aliphatic carbocycles. The molecule has 0 spiro atoms. The van der Waals surface area contributed by atoms with Crippen molar-refractivity contribution in [1.29, 1.82) is 0 Å². The lowest BCUT2D eigenvalue weighted by Gasteiger charge is -2.12. The van der Waals surface area contributed by atoms with Crippen molar-refractivity contribution in [3.05, 3.63) is 50.6 Å². The van der Waals surface area contributed by atoms with Crippen molar-refractivity contribution in [3.8, 4) is 0 Å². The molecule has 0 aliphatic heterocycles. The zero-order chi connectivity index (χ0) is 14.5. The van der Waals surface area contributed by atoms with Crippen LogP contribution in [0.15, 0.2) is 40.2 Å². The van der Waals surface area contributed by atoms with Gasteiger partial charge in [-0.25, -0.2) is 0 Å². The van der Waals surface area contributed by atoms with Gasteiger partial charge >= 0.3 is 0 Å². The van der Waals surface area contributed by atoms with E-state index in [0.717, 1.165) is 15.8 Å². The minimum atomic E-state index is -0.187. The Bertz CT molecular complexity index is 597. The van der Waals surface area contributed by atoms with Crippen molar-refractivity contribution in [3.63, 3.8) is 0 Å². The molecule has 5 heteroatoms. The van der Waals surface area contributed by atoms with E-state index in [1.165, 1.54) is 4.88 Å². The molecule has 1 unspecified atom stereocenters. The molecule has 2 aromatic rings. The topological polar surface area (TPSA) is 55.1 Å². The predicted octanol–water partition coefficient (Wildman–Crippen LogP) is 3.56. The fourth-order valence-electron chi connectivity index (χ4n) is 1.93. The molecule has 106 valence electrons. The van der Waals surface area contributed by atoms with Crippen molar-refractivity contribution >= 4 is 38.9 Å². The van der Waals surface area contributed by atoms with E-state index in [4.69, 9.17) is 5.73 Å². The SMILES string of the molecule is CC(C(=O)NCCc1ccc(Br)s1)c1cccc(N)c1. The molecule has 0 saturated carbocycles. The number of halogens is 1. The second kappa shape index (κ2) is 6.90. The van der Waals surface area contributed by atoms with E-state index < -0.39 is 0 Å². The number of hydrogen-bond acceptors (Lipinski definition) is 3. The van der Waals surface area contributed by atoms with Crippen LogP contribution in [0.2, 0.25) is 0 Å². The quantitative estimate of drug-likeness (QED) is 0.808. The minimum Gasteiger partial charge on any atom is -0.399 e. The summed E-state index contributed by atoms with van der Waals surface area (Å²) in [5.41, 5.74) is 7.37. The molecule has 0 saturated heterocycles. The van der Waals surface area contributed by atoms with E-state index in [1.54, 1.807) is 11.3 Å². The van der Waals surface area contributed by atoms with Crippen LogP contribution in [-0.4, -0.2) is 12.5 Å². The van der Waals surface area contributed by atoms with E-state index in [2.05, 4.69) is 27.3 Å². The fraction of sp³-hybridized carbons (Fsp3) is 0.267. The maximum atomic E-state index is 12.1. The van der Waals surface area contributed by atoms with Crippen LogP contribution in [0.5, 0.6) is 0 Å². The molecule has 1 atom stereocenters. The standard InChI is InChI=1S/C15H17BrN2OS/c1-10(11-3-2-4-12(17)9-11)15(19)18-8-7-13-5-6-14(16)20-13/h2-6,9-10H,7-8,17H2,1H3,(H,18,19). The third-order valence-electron chi connectivity index (χ3n) is 3.10. The molecule has 3 N–H and O–H groups in total. The van der Waals surface area contributed by atoms with E-state index in [1.807, 2.05) is 37.3 Å². The minimum absolute atomic E-state index is 0.0335. The van der Waals surface area contributed by atoms with Crippen LogP contribution in [0.1, 0.15) is 23.3 Å². The van der Waals surface area contributed by atoms with Crippen LogP contribution in [0.4, 0.5) is 5.69 Å². The Hall–Kier alpha value is -1.33. The highest BCUT2D eigenvalue weighted by Gasteiger charge is 2.14. The van der Waals surface area contributed by atoms with Crippen molar-refractivity contribution in [2.45, 2.75) is 19.3 Å². The number of amides is 1. The molecule has 0 aliphatic rings. The summed E-state index contributed by atoms with van der Waals surface area (Å²) in [7, 11) is 0. The Labute approximate surface area is 131 Å². The van der Waals surface area contributed by atoms with Crippen LogP contribution >= 0.6 is 27.3 Å². The number of benzene rings is 1. The second-order valence-corrected chi connectivity index (χ2v) is 7.19. The number of carbonyl (C=O) groups is 1. The second-order valence-electron chi connectivity index (χ2n) is 4.64. The maximum absolute atomic E-state index is 12.1. The monoisotopic (exact) mass is 352 g/mol. The summed E-state index contributed by atoms with van der Waals surface area (Å²) in [5.74, 6) is -0.153. The highest BCUT2D eigenvalue weighted by molar-refractivity contribution is 9.11. The number of hydrogen-bond donors (Lipinski definition) is 2. The van der Waals surface area contributed by atoms with E-state index >= 15 is 0 Å². The summed E-state index contributed by atoms with van der Waals surface area (Å²) in [6, 6.07) is 11.6. The average Bonchev–Trinajstić information content (AvgIpc) is 2.83. The molecule has 1 amide bonds. The van der Waals surface area contributed by atoms with Crippen LogP contribution in [0.25, 0.3) is 0 Å². The van der Waals surface area contributed by atoms with Gasteiger partial charge in [0.1, 0.15) is 0 Å². The molecular weight excluding hydrogens is 336 g/mol. The Balaban J connectivity index is 1.85. The third-order valence-corrected chi connectivity index (χ3v) is 4.79. The van der Waals surface area contributed by atoms with Crippen LogP contribution in [0.3, 0.4) is 0 Å². The van der Waals surface area contributed by atoms with Crippen molar-refractivity contribution in [1.82, 2.24) is 5.32 Å². The molecule has 2 rings (SSSR count). The number of thiophene rings is 1. The molecule has 1 aromatic carbocycles. The number of nitrogen functional groups attached to an aromatic ring is 1. The molecule has 0 radical (unpaired) electrons. The highest BCUT2D eigenvalue weighted by atomic mass is 79.9. The van der Waals surface area contributed by atoms with Gasteiger partial charge in [0.05, 0.1) is 9.70 Å². The molecule has 3 nitrogen and oxygen atoms in total. The predicted molar refractivity (Wildman–Crippen MR) is 88.0 cm³/mol. The molecule has 20 heavy (non-hydrogen) atoms. The van der Waals surface area contributed by atoms with Crippen molar-refractivity contribution in [2.75, 3.05) is 12.3 Å². The molecule has 1 heterocycles. The molecule has 0 bridgehead atoms. The van der Waals surface area contributed by atoms with Gasteiger partial charge in [-0.2, -0.15) is 0 Å². The summed E-state index contributed by atoms with van der Waals surface area (Å²) >= 11 is 5.13. The first-order chi connectivity index (χ1) is 9.56. The van der Waals surface area contributed by atoms with Gasteiger partial charge in [0.25, 0.3) is 0 Å². The first-order valence-electron chi connectivity index (χ1n) is 6.43. The van der Waals surface area contributed by atoms with E-state index in [0.29, 0.717) is 12.2 Å². The molecular formula is C15H17BrN2OS. The van der Waals surface area contributed by atoms with Crippen LogP contribution in [-0.2, 0) is 11.2 Å². The number of nitrogens with two attached hydrogens (primary N) is 1. The first-order valence-corrected chi connectivity index (χ1v) is 8.04. The van der Waals surface area contributed by atoms with Gasteiger partial charge in [0.15, 0.2) is 0 Å². The van der Waals surface area contributed by atoms with Gasteiger partial charge in [0, 0.05) is 17.1 Å². The van der Waals surface area contributed by atoms with Gasteiger partial charge in [-0.1, -0.05) is 12.1 Å². The maximum Gasteiger partial charge on any atom is 0.227 e. The van der Waals surface area contributed by atoms with Gasteiger partial charge < -0.3 is 11.1 Å². The van der Waals surface area contributed by atoms with Crippen molar-refractivity contribution < 1.29 is 4.79 Å². The number of nitrogens with one attached hydrogen (secondary N) is 1. The largest absolute Gasteiger partial charge is 0.399 e. The smallest absolute Gasteiger partial charge is 0.227 e. The number of rotatable bonds is 5. The Morgan fingerprint density at radius 3 is 2.85 bits per heavy atom. The van der Waals surface area contributed by atoms with Crippen LogP contribution < -0.4 is 11.1 Å². The summed E-state index contributed by atoms with van der Waals surface area (Å²) in [4.78, 5) is 13.4. The number of carbonyl (C=O) groups excluding carboxylic acids is 1. The number of anilines is 1.